The van der Waals surface area contributed by atoms with E-state index >= 15 is 0 Å². The summed E-state index contributed by atoms with van der Waals surface area (Å²) in [7, 11) is -2.53. The molecule has 1 heterocycles. The second-order valence-corrected chi connectivity index (χ2v) is 7.12. The first-order chi connectivity index (χ1) is 10.8. The lowest BCUT2D eigenvalue weighted by Gasteiger charge is -2.29. The van der Waals surface area contributed by atoms with Crippen molar-refractivity contribution in [3.63, 3.8) is 0 Å². The fraction of sp³-hybridized carbons (Fsp3) is 0.429. The van der Waals surface area contributed by atoms with Gasteiger partial charge in [0.15, 0.2) is 0 Å². The van der Waals surface area contributed by atoms with Gasteiger partial charge in [0.2, 0.25) is 10.0 Å². The molecule has 0 aromatic heterocycles. The van der Waals surface area contributed by atoms with E-state index in [9.17, 15) is 18.0 Å². The molecule has 9 heteroatoms. The number of benzene rings is 1. The van der Waals surface area contributed by atoms with Gasteiger partial charge in [0, 0.05) is 18.8 Å². The number of hydrogen-bond donors (Lipinski definition) is 2. The van der Waals surface area contributed by atoms with E-state index in [4.69, 9.17) is 5.11 Å². The van der Waals surface area contributed by atoms with Crippen LogP contribution in [0.15, 0.2) is 29.2 Å². The van der Waals surface area contributed by atoms with Gasteiger partial charge in [-0.2, -0.15) is 4.31 Å². The highest BCUT2D eigenvalue weighted by molar-refractivity contribution is 7.89. The van der Waals surface area contributed by atoms with E-state index in [0.717, 1.165) is 0 Å². The third-order valence-corrected chi connectivity index (χ3v) is 5.54. The van der Waals surface area contributed by atoms with Crippen molar-refractivity contribution in [1.29, 1.82) is 0 Å². The summed E-state index contributed by atoms with van der Waals surface area (Å²) in [5.74, 6) is -1.67. The number of nitrogens with one attached hydrogen (secondary N) is 1. The smallest absolute Gasteiger partial charge is 0.411 e. The highest BCUT2D eigenvalue weighted by Crippen LogP contribution is 2.24. The summed E-state index contributed by atoms with van der Waals surface area (Å²) in [5, 5.41) is 11.5. The number of ether oxygens (including phenoxy) is 1. The lowest BCUT2D eigenvalue weighted by Crippen LogP contribution is -2.42. The van der Waals surface area contributed by atoms with Crippen molar-refractivity contribution in [3.8, 4) is 0 Å². The minimum absolute atomic E-state index is 0.0279. The van der Waals surface area contributed by atoms with Crippen LogP contribution in [-0.2, 0) is 19.6 Å². The molecule has 1 amide bonds. The molecule has 23 heavy (non-hydrogen) atoms. The van der Waals surface area contributed by atoms with E-state index in [1.165, 1.54) is 35.7 Å². The molecule has 1 atom stereocenters. The monoisotopic (exact) mass is 342 g/mol. The van der Waals surface area contributed by atoms with Crippen LogP contribution in [0.25, 0.3) is 0 Å². The van der Waals surface area contributed by atoms with Gasteiger partial charge in [-0.15, -0.1) is 0 Å². The molecule has 1 fully saturated rings. The molecule has 1 aliphatic rings. The van der Waals surface area contributed by atoms with Crippen molar-refractivity contribution >= 4 is 27.8 Å². The predicted octanol–water partition coefficient (Wildman–Crippen LogP) is 1.35. The number of piperidine rings is 1. The van der Waals surface area contributed by atoms with E-state index in [1.54, 1.807) is 0 Å². The SMILES string of the molecule is COC(=O)Nc1ccc(S(=O)(=O)N2CCC[C@H](C(=O)O)C2)cc1. The fourth-order valence-electron chi connectivity index (χ4n) is 2.39. The number of carbonyl (C=O) groups is 2. The number of carboxylic acids is 1. The van der Waals surface area contributed by atoms with Gasteiger partial charge in [-0.05, 0) is 37.1 Å². The van der Waals surface area contributed by atoms with Crippen LogP contribution in [0.1, 0.15) is 12.8 Å². The predicted molar refractivity (Wildman–Crippen MR) is 81.6 cm³/mol. The molecule has 0 spiro atoms. The van der Waals surface area contributed by atoms with Crippen molar-refractivity contribution < 1.29 is 27.9 Å². The van der Waals surface area contributed by atoms with Crippen LogP contribution in [0.2, 0.25) is 0 Å². The number of nitrogens with zero attached hydrogens (tertiary/aromatic N) is 1. The van der Waals surface area contributed by atoms with Gasteiger partial charge in [-0.25, -0.2) is 13.2 Å². The molecule has 1 aliphatic heterocycles. The first kappa shape index (κ1) is 17.2. The maximum absolute atomic E-state index is 12.6. The molecule has 0 unspecified atom stereocenters. The fourth-order valence-corrected chi connectivity index (χ4v) is 3.91. The highest BCUT2D eigenvalue weighted by atomic mass is 32.2. The molecule has 0 radical (unpaired) electrons. The first-order valence-electron chi connectivity index (χ1n) is 7.02. The largest absolute Gasteiger partial charge is 0.481 e. The topological polar surface area (TPSA) is 113 Å². The standard InChI is InChI=1S/C14H18N2O6S/c1-22-14(19)15-11-4-6-12(7-5-11)23(20,21)16-8-2-3-10(9-16)13(17)18/h4-7,10H,2-3,8-9H2,1H3,(H,15,19)(H,17,18)/t10-/m0/s1. The average Bonchev–Trinajstić information content (AvgIpc) is 2.55. The quantitative estimate of drug-likeness (QED) is 0.854. The maximum atomic E-state index is 12.6. The first-order valence-corrected chi connectivity index (χ1v) is 8.46. The van der Waals surface area contributed by atoms with E-state index in [-0.39, 0.29) is 11.4 Å². The Morgan fingerprint density at radius 3 is 2.52 bits per heavy atom. The number of amides is 1. The van der Waals surface area contributed by atoms with E-state index < -0.39 is 28.0 Å². The van der Waals surface area contributed by atoms with Crippen LogP contribution < -0.4 is 5.32 Å². The minimum Gasteiger partial charge on any atom is -0.481 e. The Labute approximate surface area is 134 Å². The molecule has 2 rings (SSSR count). The molecule has 0 aliphatic carbocycles. The Bertz CT molecular complexity index is 686. The van der Waals surface area contributed by atoms with Crippen molar-refractivity contribution in [2.45, 2.75) is 17.7 Å². The second kappa shape index (κ2) is 6.97. The van der Waals surface area contributed by atoms with E-state index in [1.807, 2.05) is 0 Å². The molecular formula is C14H18N2O6S. The number of carbonyl (C=O) groups excluding carboxylic acids is 1. The van der Waals surface area contributed by atoms with E-state index in [0.29, 0.717) is 25.1 Å². The molecule has 1 saturated heterocycles. The molecule has 0 bridgehead atoms. The summed E-state index contributed by atoms with van der Waals surface area (Å²) in [5.41, 5.74) is 0.401. The Morgan fingerprint density at radius 1 is 1.30 bits per heavy atom. The molecule has 0 saturated carbocycles. The molecule has 126 valence electrons. The summed E-state index contributed by atoms with van der Waals surface area (Å²) < 4.78 is 30.8. The third kappa shape index (κ3) is 3.99. The van der Waals surface area contributed by atoms with Gasteiger partial charge in [0.1, 0.15) is 0 Å². The van der Waals surface area contributed by atoms with Crippen LogP contribution in [0.5, 0.6) is 0 Å². The Kier molecular flexibility index (Phi) is 5.22. The van der Waals surface area contributed by atoms with Crippen molar-refractivity contribution in [2.24, 2.45) is 5.92 Å². The van der Waals surface area contributed by atoms with Crippen LogP contribution >= 0.6 is 0 Å². The zero-order valence-electron chi connectivity index (χ0n) is 12.6. The highest BCUT2D eigenvalue weighted by Gasteiger charge is 2.33. The number of sulfonamides is 1. The van der Waals surface area contributed by atoms with E-state index in [2.05, 4.69) is 10.1 Å². The number of methoxy groups -OCH3 is 1. The van der Waals surface area contributed by atoms with Crippen LogP contribution in [-0.4, -0.2) is 50.1 Å². The zero-order chi connectivity index (χ0) is 17.0. The van der Waals surface area contributed by atoms with Gasteiger partial charge < -0.3 is 9.84 Å². The van der Waals surface area contributed by atoms with Gasteiger partial charge in [-0.1, -0.05) is 0 Å². The summed E-state index contributed by atoms with van der Waals surface area (Å²) in [4.78, 5) is 22.2. The van der Waals surface area contributed by atoms with Crippen LogP contribution in [0.4, 0.5) is 10.5 Å². The summed E-state index contributed by atoms with van der Waals surface area (Å²) in [6.07, 6.45) is 0.336. The summed E-state index contributed by atoms with van der Waals surface area (Å²) in [6.45, 7) is 0.272. The molecule has 1 aromatic carbocycles. The third-order valence-electron chi connectivity index (χ3n) is 3.66. The number of rotatable bonds is 4. The number of hydrogen-bond acceptors (Lipinski definition) is 5. The molecule has 1 aromatic rings. The lowest BCUT2D eigenvalue weighted by molar-refractivity contribution is -0.142. The van der Waals surface area contributed by atoms with Gasteiger partial charge in [0.05, 0.1) is 17.9 Å². The molecule has 8 nitrogen and oxygen atoms in total. The Hall–Kier alpha value is -2.13. The van der Waals surface area contributed by atoms with Gasteiger partial charge >= 0.3 is 12.1 Å². The van der Waals surface area contributed by atoms with Crippen LogP contribution in [0.3, 0.4) is 0 Å². The lowest BCUT2D eigenvalue weighted by atomic mass is 10.0. The van der Waals surface area contributed by atoms with Gasteiger partial charge in [-0.3, -0.25) is 10.1 Å². The number of aliphatic carboxylic acids is 1. The van der Waals surface area contributed by atoms with Crippen LogP contribution in [0, 0.1) is 5.92 Å². The second-order valence-electron chi connectivity index (χ2n) is 5.18. The van der Waals surface area contributed by atoms with Crippen molar-refractivity contribution in [1.82, 2.24) is 4.31 Å². The summed E-state index contributed by atoms with van der Waals surface area (Å²) >= 11 is 0. The number of anilines is 1. The van der Waals surface area contributed by atoms with Crippen molar-refractivity contribution in [3.05, 3.63) is 24.3 Å². The maximum Gasteiger partial charge on any atom is 0.411 e. The molecule has 2 N–H and O–H groups in total. The van der Waals surface area contributed by atoms with Crippen molar-refractivity contribution in [2.75, 3.05) is 25.5 Å². The average molecular weight is 342 g/mol. The number of carboxylic acid groups (broad SMARTS) is 1. The minimum atomic E-state index is -3.75. The Morgan fingerprint density at radius 2 is 1.96 bits per heavy atom. The van der Waals surface area contributed by atoms with Gasteiger partial charge in [0.25, 0.3) is 0 Å². The normalized spacial score (nSPS) is 19.1. The molecular weight excluding hydrogens is 324 g/mol. The zero-order valence-corrected chi connectivity index (χ0v) is 13.4. The Balaban J connectivity index is 2.16. The summed E-state index contributed by atoms with van der Waals surface area (Å²) in [6, 6.07) is 5.63.